The first-order valence-corrected chi connectivity index (χ1v) is 6.84. The van der Waals surface area contributed by atoms with Gasteiger partial charge in [0, 0.05) is 16.1 Å². The lowest BCUT2D eigenvalue weighted by molar-refractivity contribution is -0.00847. The van der Waals surface area contributed by atoms with Gasteiger partial charge in [-0.15, -0.1) is 0 Å². The summed E-state index contributed by atoms with van der Waals surface area (Å²) in [5, 5.41) is 10.1. The zero-order valence-electron chi connectivity index (χ0n) is 9.23. The van der Waals surface area contributed by atoms with Gasteiger partial charge in [-0.25, -0.2) is 0 Å². The Morgan fingerprint density at radius 2 is 2.12 bits per heavy atom. The predicted molar refractivity (Wildman–Crippen MR) is 72.4 cm³/mol. The molecule has 1 fully saturated rings. The fraction of sp³-hybridized carbons (Fsp3) is 0.538. The summed E-state index contributed by atoms with van der Waals surface area (Å²) in [7, 11) is 0. The third kappa shape index (κ3) is 3.43. The minimum absolute atomic E-state index is 0.264. The Bertz CT molecular complexity index is 317. The van der Waals surface area contributed by atoms with Crippen LogP contribution in [0, 0.1) is 9.49 Å². The fourth-order valence-corrected chi connectivity index (χ4v) is 2.46. The van der Waals surface area contributed by atoms with Crippen LogP contribution in [0.4, 0.5) is 0 Å². The third-order valence-electron chi connectivity index (χ3n) is 3.10. The average molecular weight is 332 g/mol. The molecule has 1 heterocycles. The van der Waals surface area contributed by atoms with Crippen LogP contribution < -0.4 is 0 Å². The summed E-state index contributed by atoms with van der Waals surface area (Å²) in [6, 6.07) is 8.35. The maximum atomic E-state index is 10.1. The van der Waals surface area contributed by atoms with Crippen molar-refractivity contribution in [2.75, 3.05) is 13.2 Å². The molecule has 1 N–H and O–H groups in total. The molecule has 88 valence electrons. The number of benzene rings is 1. The van der Waals surface area contributed by atoms with Gasteiger partial charge in [0.1, 0.15) is 0 Å². The summed E-state index contributed by atoms with van der Waals surface area (Å²) in [4.78, 5) is 0. The molecule has 3 heteroatoms. The highest BCUT2D eigenvalue weighted by atomic mass is 127. The summed E-state index contributed by atoms with van der Waals surface area (Å²) in [6.45, 7) is 1.57. The molecule has 0 bridgehead atoms. The molecular formula is C13H17IO2. The highest BCUT2D eigenvalue weighted by Gasteiger charge is 2.22. The summed E-state index contributed by atoms with van der Waals surface area (Å²) < 4.78 is 6.63. The molecule has 0 saturated carbocycles. The van der Waals surface area contributed by atoms with Gasteiger partial charge in [0.05, 0.1) is 12.7 Å². The molecule has 2 atom stereocenters. The lowest BCUT2D eigenvalue weighted by Gasteiger charge is -2.26. The monoisotopic (exact) mass is 332 g/mol. The molecule has 1 saturated heterocycles. The van der Waals surface area contributed by atoms with Gasteiger partial charge in [0.15, 0.2) is 0 Å². The van der Waals surface area contributed by atoms with Crippen LogP contribution in [0.15, 0.2) is 24.3 Å². The van der Waals surface area contributed by atoms with E-state index in [4.69, 9.17) is 4.74 Å². The number of aliphatic hydroxyl groups is 1. The van der Waals surface area contributed by atoms with Gasteiger partial charge >= 0.3 is 0 Å². The van der Waals surface area contributed by atoms with E-state index in [0.717, 1.165) is 25.9 Å². The number of halogens is 1. The van der Waals surface area contributed by atoms with E-state index in [-0.39, 0.29) is 6.10 Å². The van der Waals surface area contributed by atoms with Crippen molar-refractivity contribution in [3.05, 3.63) is 33.4 Å². The average Bonchev–Trinajstić information content (AvgIpc) is 2.33. The molecule has 1 aliphatic heterocycles. The van der Waals surface area contributed by atoms with Crippen LogP contribution in [-0.2, 0) is 11.2 Å². The first-order valence-electron chi connectivity index (χ1n) is 5.76. The predicted octanol–water partition coefficient (Wildman–Crippen LogP) is 2.62. The second-order valence-electron chi connectivity index (χ2n) is 4.38. The van der Waals surface area contributed by atoms with Crippen LogP contribution in [0.3, 0.4) is 0 Å². The highest BCUT2D eigenvalue weighted by Crippen LogP contribution is 2.20. The number of rotatable bonds is 3. The quantitative estimate of drug-likeness (QED) is 0.863. The maximum absolute atomic E-state index is 10.1. The van der Waals surface area contributed by atoms with Gasteiger partial charge in [-0.2, -0.15) is 0 Å². The molecule has 0 aromatic heterocycles. The van der Waals surface area contributed by atoms with E-state index in [0.29, 0.717) is 12.5 Å². The molecule has 0 aliphatic carbocycles. The number of aliphatic hydroxyl groups excluding tert-OH is 1. The topological polar surface area (TPSA) is 29.5 Å². The van der Waals surface area contributed by atoms with E-state index < -0.39 is 0 Å². The molecular weight excluding hydrogens is 315 g/mol. The van der Waals surface area contributed by atoms with Crippen molar-refractivity contribution in [3.8, 4) is 0 Å². The van der Waals surface area contributed by atoms with Gasteiger partial charge in [0.25, 0.3) is 0 Å². The van der Waals surface area contributed by atoms with Crippen molar-refractivity contribution in [2.24, 2.45) is 5.92 Å². The smallest absolute Gasteiger partial charge is 0.0630 e. The molecule has 2 unspecified atom stereocenters. The second-order valence-corrected chi connectivity index (χ2v) is 5.62. The molecule has 1 aromatic rings. The Labute approximate surface area is 110 Å². The summed E-state index contributed by atoms with van der Waals surface area (Å²) >= 11 is 2.29. The Morgan fingerprint density at radius 1 is 1.38 bits per heavy atom. The summed E-state index contributed by atoms with van der Waals surface area (Å²) in [6.07, 6.45) is 2.64. The van der Waals surface area contributed by atoms with Crippen molar-refractivity contribution < 1.29 is 9.84 Å². The Balaban J connectivity index is 1.90. The van der Waals surface area contributed by atoms with Crippen LogP contribution in [-0.4, -0.2) is 24.4 Å². The van der Waals surface area contributed by atoms with Crippen molar-refractivity contribution in [2.45, 2.75) is 25.4 Å². The SMILES string of the molecule is OC(Cc1ccc(I)cc1)C1CCCOC1. The van der Waals surface area contributed by atoms with E-state index in [1.54, 1.807) is 0 Å². The Morgan fingerprint density at radius 3 is 2.75 bits per heavy atom. The summed E-state index contributed by atoms with van der Waals surface area (Å²) in [5.74, 6) is 0.313. The van der Waals surface area contributed by atoms with Crippen LogP contribution >= 0.6 is 22.6 Å². The van der Waals surface area contributed by atoms with Crippen LogP contribution in [0.25, 0.3) is 0 Å². The third-order valence-corrected chi connectivity index (χ3v) is 3.82. The van der Waals surface area contributed by atoms with Crippen molar-refractivity contribution in [1.82, 2.24) is 0 Å². The van der Waals surface area contributed by atoms with Crippen molar-refractivity contribution >= 4 is 22.6 Å². The van der Waals surface area contributed by atoms with E-state index in [1.807, 2.05) is 0 Å². The number of hydrogen-bond acceptors (Lipinski definition) is 2. The van der Waals surface area contributed by atoms with E-state index in [2.05, 4.69) is 46.9 Å². The molecule has 1 aromatic carbocycles. The molecule has 0 radical (unpaired) electrons. The van der Waals surface area contributed by atoms with E-state index in [9.17, 15) is 5.11 Å². The number of hydrogen-bond donors (Lipinski definition) is 1. The first-order chi connectivity index (χ1) is 7.75. The van der Waals surface area contributed by atoms with Gasteiger partial charge in [-0.05, 0) is 59.5 Å². The maximum Gasteiger partial charge on any atom is 0.0630 e. The van der Waals surface area contributed by atoms with E-state index in [1.165, 1.54) is 9.13 Å². The fourth-order valence-electron chi connectivity index (χ4n) is 2.10. The molecule has 0 amide bonds. The molecule has 2 rings (SSSR count). The van der Waals surface area contributed by atoms with Crippen molar-refractivity contribution in [3.63, 3.8) is 0 Å². The van der Waals surface area contributed by atoms with E-state index >= 15 is 0 Å². The van der Waals surface area contributed by atoms with Crippen LogP contribution in [0.2, 0.25) is 0 Å². The first kappa shape index (κ1) is 12.3. The van der Waals surface area contributed by atoms with Crippen LogP contribution in [0.5, 0.6) is 0 Å². The lowest BCUT2D eigenvalue weighted by atomic mass is 9.92. The van der Waals surface area contributed by atoms with Gasteiger partial charge in [-0.3, -0.25) is 0 Å². The standard InChI is InChI=1S/C13H17IO2/c14-12-5-3-10(4-6-12)8-13(15)11-2-1-7-16-9-11/h3-6,11,13,15H,1-2,7-9H2. The van der Waals surface area contributed by atoms with Gasteiger partial charge in [0.2, 0.25) is 0 Å². The minimum Gasteiger partial charge on any atom is -0.392 e. The van der Waals surface area contributed by atoms with Crippen molar-refractivity contribution in [1.29, 1.82) is 0 Å². The second kappa shape index (κ2) is 5.98. The molecule has 16 heavy (non-hydrogen) atoms. The normalized spacial score (nSPS) is 23.0. The molecule has 1 aliphatic rings. The molecule has 0 spiro atoms. The lowest BCUT2D eigenvalue weighted by Crippen LogP contribution is -2.30. The number of ether oxygens (including phenoxy) is 1. The van der Waals surface area contributed by atoms with Crippen LogP contribution in [0.1, 0.15) is 18.4 Å². The highest BCUT2D eigenvalue weighted by molar-refractivity contribution is 14.1. The van der Waals surface area contributed by atoms with Gasteiger partial charge in [-0.1, -0.05) is 12.1 Å². The minimum atomic E-state index is -0.264. The summed E-state index contributed by atoms with van der Waals surface area (Å²) in [5.41, 5.74) is 1.21. The zero-order chi connectivity index (χ0) is 11.4. The molecule has 2 nitrogen and oxygen atoms in total. The van der Waals surface area contributed by atoms with Gasteiger partial charge < -0.3 is 9.84 Å². The largest absolute Gasteiger partial charge is 0.392 e. The Hall–Kier alpha value is -0.130. The zero-order valence-corrected chi connectivity index (χ0v) is 11.4. The Kier molecular flexibility index (Phi) is 4.61.